The summed E-state index contributed by atoms with van der Waals surface area (Å²) in [4.78, 5) is 14.5. The second-order valence-corrected chi connectivity index (χ2v) is 5.68. The first kappa shape index (κ1) is 10.6. The predicted octanol–water partition coefficient (Wildman–Crippen LogP) is 1.53. The third kappa shape index (κ3) is 1.86. The van der Waals surface area contributed by atoms with Gasteiger partial charge in [0.15, 0.2) is 0 Å². The molecule has 90 valence electrons. The Kier molecular flexibility index (Phi) is 2.88. The summed E-state index contributed by atoms with van der Waals surface area (Å²) in [6.07, 6.45) is 8.35. The highest BCUT2D eigenvalue weighted by atomic mass is 16.2. The van der Waals surface area contributed by atoms with E-state index in [0.29, 0.717) is 23.9 Å². The molecule has 1 saturated carbocycles. The molecule has 3 rings (SSSR count). The summed E-state index contributed by atoms with van der Waals surface area (Å²) in [5.74, 6) is 1.16. The highest BCUT2D eigenvalue weighted by Crippen LogP contribution is 2.33. The Hall–Kier alpha value is -0.570. The zero-order valence-electron chi connectivity index (χ0n) is 9.95. The van der Waals surface area contributed by atoms with Gasteiger partial charge >= 0.3 is 0 Å². The molecule has 1 amide bonds. The van der Waals surface area contributed by atoms with E-state index in [1.54, 1.807) is 0 Å². The van der Waals surface area contributed by atoms with Gasteiger partial charge in [0.2, 0.25) is 5.91 Å². The average Bonchev–Trinajstić information content (AvgIpc) is 2.46. The number of hydrogen-bond donors (Lipinski definition) is 1. The monoisotopic (exact) mass is 222 g/mol. The lowest BCUT2D eigenvalue weighted by Crippen LogP contribution is -2.43. The number of carbonyl (C=O) groups excluding carboxylic acids is 1. The largest absolute Gasteiger partial charge is 0.335 e. The number of nitrogens with one attached hydrogen (secondary N) is 1. The number of amides is 1. The average molecular weight is 222 g/mol. The molecular formula is C13H22N2O. The molecule has 0 spiro atoms. The maximum atomic E-state index is 12.3. The van der Waals surface area contributed by atoms with Crippen LogP contribution < -0.4 is 5.32 Å². The Labute approximate surface area is 97.6 Å². The Morgan fingerprint density at radius 3 is 2.69 bits per heavy atom. The van der Waals surface area contributed by atoms with Crippen molar-refractivity contribution in [3.63, 3.8) is 0 Å². The van der Waals surface area contributed by atoms with Gasteiger partial charge in [-0.25, -0.2) is 0 Å². The van der Waals surface area contributed by atoms with Crippen molar-refractivity contribution in [3.05, 3.63) is 0 Å². The summed E-state index contributed by atoms with van der Waals surface area (Å²) in [5.41, 5.74) is 0. The smallest absolute Gasteiger partial charge is 0.223 e. The van der Waals surface area contributed by atoms with E-state index in [1.807, 2.05) is 0 Å². The van der Waals surface area contributed by atoms with Gasteiger partial charge in [0.05, 0.1) is 0 Å². The first-order chi connectivity index (χ1) is 7.84. The van der Waals surface area contributed by atoms with E-state index in [9.17, 15) is 4.79 Å². The Bertz CT molecular complexity index is 261. The van der Waals surface area contributed by atoms with E-state index in [2.05, 4.69) is 10.2 Å². The van der Waals surface area contributed by atoms with Gasteiger partial charge in [0.1, 0.15) is 0 Å². The number of nitrogens with zero attached hydrogens (tertiary/aromatic N) is 1. The van der Waals surface area contributed by atoms with E-state index >= 15 is 0 Å². The first-order valence-electron chi connectivity index (χ1n) is 6.86. The van der Waals surface area contributed by atoms with Crippen LogP contribution in [0.4, 0.5) is 0 Å². The lowest BCUT2D eigenvalue weighted by atomic mass is 9.82. The molecule has 0 aromatic heterocycles. The summed E-state index contributed by atoms with van der Waals surface area (Å²) in [6.45, 7) is 2.11. The second kappa shape index (κ2) is 4.36. The van der Waals surface area contributed by atoms with Crippen LogP contribution in [0.1, 0.15) is 44.9 Å². The summed E-state index contributed by atoms with van der Waals surface area (Å²) in [7, 11) is 0. The van der Waals surface area contributed by atoms with Gasteiger partial charge in [0.25, 0.3) is 0 Å². The van der Waals surface area contributed by atoms with Crippen LogP contribution in [0, 0.1) is 5.92 Å². The summed E-state index contributed by atoms with van der Waals surface area (Å²) in [6, 6.07) is 1.05. The molecule has 1 aliphatic carbocycles. The number of hydrogen-bond acceptors (Lipinski definition) is 2. The van der Waals surface area contributed by atoms with Gasteiger partial charge in [0, 0.05) is 25.0 Å². The van der Waals surface area contributed by atoms with Crippen LogP contribution in [0.3, 0.4) is 0 Å². The van der Waals surface area contributed by atoms with Gasteiger partial charge in [-0.2, -0.15) is 0 Å². The molecule has 3 fully saturated rings. The van der Waals surface area contributed by atoms with E-state index in [1.165, 1.54) is 32.1 Å². The molecule has 3 nitrogen and oxygen atoms in total. The van der Waals surface area contributed by atoms with Crippen molar-refractivity contribution in [1.29, 1.82) is 0 Å². The van der Waals surface area contributed by atoms with Crippen molar-refractivity contribution < 1.29 is 4.79 Å². The van der Waals surface area contributed by atoms with Crippen molar-refractivity contribution in [2.75, 3.05) is 13.1 Å². The SMILES string of the molecule is O=C(CC1CCC1)N1C2CCNCC1CC2. The molecule has 2 saturated heterocycles. The second-order valence-electron chi connectivity index (χ2n) is 5.68. The van der Waals surface area contributed by atoms with Crippen LogP contribution in [0.25, 0.3) is 0 Å². The Morgan fingerprint density at radius 2 is 1.94 bits per heavy atom. The zero-order valence-corrected chi connectivity index (χ0v) is 9.95. The highest BCUT2D eigenvalue weighted by molar-refractivity contribution is 5.77. The Balaban J connectivity index is 1.64. The molecule has 3 heteroatoms. The number of rotatable bonds is 2. The fourth-order valence-electron chi connectivity index (χ4n) is 3.44. The van der Waals surface area contributed by atoms with Crippen LogP contribution in [0.5, 0.6) is 0 Å². The molecule has 2 heterocycles. The summed E-state index contributed by atoms with van der Waals surface area (Å²) < 4.78 is 0. The van der Waals surface area contributed by atoms with E-state index in [0.717, 1.165) is 25.9 Å². The lowest BCUT2D eigenvalue weighted by molar-refractivity contribution is -0.135. The van der Waals surface area contributed by atoms with Gasteiger partial charge in [-0.15, -0.1) is 0 Å². The molecule has 16 heavy (non-hydrogen) atoms. The first-order valence-corrected chi connectivity index (χ1v) is 6.86. The van der Waals surface area contributed by atoms with Gasteiger partial charge in [-0.05, 0) is 44.6 Å². The number of carbonyl (C=O) groups is 1. The third-order valence-corrected chi connectivity index (χ3v) is 4.63. The molecule has 2 aliphatic heterocycles. The van der Waals surface area contributed by atoms with Crippen molar-refractivity contribution in [3.8, 4) is 0 Å². The minimum Gasteiger partial charge on any atom is -0.335 e. The third-order valence-electron chi connectivity index (χ3n) is 4.63. The van der Waals surface area contributed by atoms with Crippen LogP contribution in [-0.4, -0.2) is 36.0 Å². The normalized spacial score (nSPS) is 34.6. The fourth-order valence-corrected chi connectivity index (χ4v) is 3.44. The molecular weight excluding hydrogens is 200 g/mol. The van der Waals surface area contributed by atoms with Gasteiger partial charge in [-0.1, -0.05) is 6.42 Å². The standard InChI is InChI=1S/C13H22N2O/c16-13(8-10-2-1-3-10)15-11-4-5-12(15)9-14-7-6-11/h10-12,14H,1-9H2. The van der Waals surface area contributed by atoms with Crippen molar-refractivity contribution >= 4 is 5.91 Å². The fraction of sp³-hybridized carbons (Fsp3) is 0.923. The van der Waals surface area contributed by atoms with Crippen molar-refractivity contribution in [2.45, 2.75) is 57.0 Å². The predicted molar refractivity (Wildman–Crippen MR) is 63.1 cm³/mol. The molecule has 0 aromatic rings. The molecule has 1 N–H and O–H groups in total. The molecule has 0 radical (unpaired) electrons. The molecule has 0 aromatic carbocycles. The lowest BCUT2D eigenvalue weighted by Gasteiger charge is -2.32. The molecule has 3 aliphatic rings. The maximum absolute atomic E-state index is 12.3. The van der Waals surface area contributed by atoms with Crippen LogP contribution in [0.15, 0.2) is 0 Å². The summed E-state index contributed by atoms with van der Waals surface area (Å²) >= 11 is 0. The minimum atomic E-state index is 0.445. The zero-order chi connectivity index (χ0) is 11.0. The number of fused-ring (bicyclic) bond motifs is 2. The van der Waals surface area contributed by atoms with Crippen LogP contribution in [-0.2, 0) is 4.79 Å². The van der Waals surface area contributed by atoms with E-state index < -0.39 is 0 Å². The van der Waals surface area contributed by atoms with Crippen molar-refractivity contribution in [2.24, 2.45) is 5.92 Å². The van der Waals surface area contributed by atoms with E-state index in [-0.39, 0.29) is 0 Å². The van der Waals surface area contributed by atoms with Crippen molar-refractivity contribution in [1.82, 2.24) is 10.2 Å². The van der Waals surface area contributed by atoms with Crippen LogP contribution >= 0.6 is 0 Å². The molecule has 2 unspecified atom stereocenters. The minimum absolute atomic E-state index is 0.445. The molecule has 2 bridgehead atoms. The van der Waals surface area contributed by atoms with E-state index in [4.69, 9.17) is 0 Å². The maximum Gasteiger partial charge on any atom is 0.223 e. The molecule has 2 atom stereocenters. The Morgan fingerprint density at radius 1 is 1.12 bits per heavy atom. The highest BCUT2D eigenvalue weighted by Gasteiger charge is 2.38. The van der Waals surface area contributed by atoms with Gasteiger partial charge < -0.3 is 10.2 Å². The summed E-state index contributed by atoms with van der Waals surface area (Å²) in [5, 5.41) is 3.45. The van der Waals surface area contributed by atoms with Crippen LogP contribution in [0.2, 0.25) is 0 Å². The quantitative estimate of drug-likeness (QED) is 0.768. The van der Waals surface area contributed by atoms with Gasteiger partial charge in [-0.3, -0.25) is 4.79 Å². The topological polar surface area (TPSA) is 32.3 Å².